The number of hydrogen-bond donors (Lipinski definition) is 0. The minimum absolute atomic E-state index is 0.0388. The van der Waals surface area contributed by atoms with Crippen LogP contribution in [0.4, 0.5) is 5.69 Å². The molecule has 23 heavy (non-hydrogen) atoms. The molecule has 0 saturated carbocycles. The molecule has 0 radical (unpaired) electrons. The lowest BCUT2D eigenvalue weighted by Crippen LogP contribution is -2.47. The molecule has 1 aliphatic rings. The Kier molecular flexibility index (Phi) is 4.60. The van der Waals surface area contributed by atoms with Crippen LogP contribution in [0.2, 0.25) is 19.6 Å². The molecule has 0 unspecified atom stereocenters. The molecule has 0 aliphatic carbocycles. The van der Waals surface area contributed by atoms with Gasteiger partial charge >= 0.3 is 0 Å². The van der Waals surface area contributed by atoms with Crippen molar-refractivity contribution in [3.8, 4) is 0 Å². The average molecular weight is 326 g/mol. The number of nitrogens with zero attached hydrogens (tertiary/aromatic N) is 1. The van der Waals surface area contributed by atoms with Gasteiger partial charge in [-0.05, 0) is 50.2 Å². The molecule has 0 bridgehead atoms. The van der Waals surface area contributed by atoms with Crippen LogP contribution in [0, 0.1) is 0 Å². The van der Waals surface area contributed by atoms with E-state index in [0.29, 0.717) is 0 Å². The van der Waals surface area contributed by atoms with Crippen LogP contribution in [-0.4, -0.2) is 21.5 Å². The van der Waals surface area contributed by atoms with E-state index >= 15 is 0 Å². The summed E-state index contributed by atoms with van der Waals surface area (Å²) in [6, 6.07) is 21.7. The molecule has 3 rings (SSSR count). The number of para-hydroxylation sites is 1. The van der Waals surface area contributed by atoms with E-state index in [1.165, 1.54) is 17.7 Å². The summed E-state index contributed by atoms with van der Waals surface area (Å²) in [7, 11) is -1.56. The Morgan fingerprint density at radius 1 is 0.957 bits per heavy atom. The third kappa shape index (κ3) is 3.51. The van der Waals surface area contributed by atoms with Gasteiger partial charge in [-0.3, -0.25) is 0 Å². The van der Waals surface area contributed by atoms with Crippen molar-refractivity contribution in [1.29, 1.82) is 0 Å². The lowest BCUT2D eigenvalue weighted by atomic mass is 9.87. The van der Waals surface area contributed by atoms with Crippen molar-refractivity contribution in [1.82, 2.24) is 0 Å². The van der Waals surface area contributed by atoms with Gasteiger partial charge in [0.1, 0.15) is 0 Å². The highest BCUT2D eigenvalue weighted by Gasteiger charge is 2.43. The normalized spacial score (nSPS) is 21.6. The van der Waals surface area contributed by atoms with E-state index in [1.54, 1.807) is 0 Å². The Morgan fingerprint density at radius 2 is 1.57 bits per heavy atom. The maximum absolute atomic E-state index is 6.42. The van der Waals surface area contributed by atoms with Crippen LogP contribution in [0.15, 0.2) is 60.7 Å². The zero-order valence-electron chi connectivity index (χ0n) is 14.5. The molecule has 1 aliphatic heterocycles. The second-order valence-electron chi connectivity index (χ2n) is 7.39. The van der Waals surface area contributed by atoms with Crippen molar-refractivity contribution in [2.75, 3.05) is 18.1 Å². The fourth-order valence-corrected chi connectivity index (χ4v) is 4.15. The van der Waals surface area contributed by atoms with E-state index in [2.05, 4.69) is 85.2 Å². The first-order chi connectivity index (χ1) is 11.0. The second-order valence-corrected chi connectivity index (χ2v) is 11.9. The molecule has 1 atom stereocenters. The maximum atomic E-state index is 6.42. The van der Waals surface area contributed by atoms with E-state index in [9.17, 15) is 0 Å². The van der Waals surface area contributed by atoms with Crippen LogP contribution in [0.25, 0.3) is 0 Å². The molecular formula is C20H27NOSi. The summed E-state index contributed by atoms with van der Waals surface area (Å²) < 4.78 is 6.42. The Hall–Kier alpha value is -1.58. The molecule has 2 nitrogen and oxygen atoms in total. The van der Waals surface area contributed by atoms with Gasteiger partial charge in [-0.25, -0.2) is 0 Å². The Bertz CT molecular complexity index is 623. The molecule has 122 valence electrons. The van der Waals surface area contributed by atoms with Gasteiger partial charge < -0.3 is 9.33 Å². The number of benzene rings is 2. The highest BCUT2D eigenvalue weighted by molar-refractivity contribution is 6.69. The summed E-state index contributed by atoms with van der Waals surface area (Å²) in [6.45, 7) is 8.68. The lowest BCUT2D eigenvalue weighted by Gasteiger charge is -2.42. The molecule has 0 aromatic heterocycles. The van der Waals surface area contributed by atoms with Crippen LogP contribution >= 0.6 is 0 Å². The molecular weight excluding hydrogens is 298 g/mol. The van der Waals surface area contributed by atoms with Crippen LogP contribution in [0.3, 0.4) is 0 Å². The first kappa shape index (κ1) is 16.3. The van der Waals surface area contributed by atoms with Crippen molar-refractivity contribution >= 4 is 14.0 Å². The molecule has 3 heteroatoms. The Morgan fingerprint density at radius 3 is 2.17 bits per heavy atom. The van der Waals surface area contributed by atoms with Gasteiger partial charge in [0.05, 0.1) is 12.1 Å². The van der Waals surface area contributed by atoms with Gasteiger partial charge in [-0.2, -0.15) is 0 Å². The largest absolute Gasteiger partial charge is 0.415 e. The van der Waals surface area contributed by atoms with E-state index in [4.69, 9.17) is 4.43 Å². The average Bonchev–Trinajstić information content (AvgIpc) is 2.99. The summed E-state index contributed by atoms with van der Waals surface area (Å²) in [5.41, 5.74) is 2.63. The number of anilines is 1. The highest BCUT2D eigenvalue weighted by atomic mass is 28.4. The summed E-state index contributed by atoms with van der Waals surface area (Å²) in [4.78, 5) is 2.56. The van der Waals surface area contributed by atoms with Crippen LogP contribution in [0.1, 0.15) is 18.4 Å². The number of rotatable bonds is 5. The van der Waals surface area contributed by atoms with Gasteiger partial charge in [-0.15, -0.1) is 0 Å². The fraction of sp³-hybridized carbons (Fsp3) is 0.400. The zero-order chi connectivity index (χ0) is 16.3. The predicted octanol–water partition coefficient (Wildman–Crippen LogP) is 5.03. The molecule has 2 aromatic carbocycles. The molecule has 2 aromatic rings. The van der Waals surface area contributed by atoms with Crippen LogP contribution in [0.5, 0.6) is 0 Å². The third-order valence-corrected chi connectivity index (χ3v) is 5.62. The van der Waals surface area contributed by atoms with Gasteiger partial charge in [0.25, 0.3) is 0 Å². The molecule has 0 amide bonds. The van der Waals surface area contributed by atoms with Crippen molar-refractivity contribution in [3.63, 3.8) is 0 Å². The lowest BCUT2D eigenvalue weighted by molar-refractivity contribution is 0.213. The van der Waals surface area contributed by atoms with E-state index in [-0.39, 0.29) is 5.54 Å². The van der Waals surface area contributed by atoms with Gasteiger partial charge in [0.15, 0.2) is 8.32 Å². The minimum atomic E-state index is -1.56. The predicted molar refractivity (Wildman–Crippen MR) is 100 cm³/mol. The summed E-state index contributed by atoms with van der Waals surface area (Å²) in [5.74, 6) is 0. The second kappa shape index (κ2) is 6.50. The SMILES string of the molecule is C[Si](C)(C)OC[C@]1(c2ccccc2)CCCN1c1ccccc1. The summed E-state index contributed by atoms with van der Waals surface area (Å²) in [5, 5.41) is 0. The van der Waals surface area contributed by atoms with Gasteiger partial charge in [-0.1, -0.05) is 48.5 Å². The molecule has 0 N–H and O–H groups in total. The van der Waals surface area contributed by atoms with Gasteiger partial charge in [0.2, 0.25) is 0 Å². The van der Waals surface area contributed by atoms with Gasteiger partial charge in [0, 0.05) is 12.2 Å². The van der Waals surface area contributed by atoms with E-state index in [0.717, 1.165) is 19.6 Å². The zero-order valence-corrected chi connectivity index (χ0v) is 15.5. The topological polar surface area (TPSA) is 12.5 Å². The molecule has 1 heterocycles. The Balaban J connectivity index is 2.01. The first-order valence-corrected chi connectivity index (χ1v) is 11.9. The minimum Gasteiger partial charge on any atom is -0.415 e. The highest BCUT2D eigenvalue weighted by Crippen LogP contribution is 2.42. The summed E-state index contributed by atoms with van der Waals surface area (Å²) >= 11 is 0. The fourth-order valence-electron chi connectivity index (χ4n) is 3.48. The monoisotopic (exact) mass is 325 g/mol. The Labute approximate surface area is 141 Å². The maximum Gasteiger partial charge on any atom is 0.183 e. The first-order valence-electron chi connectivity index (χ1n) is 8.53. The van der Waals surface area contributed by atoms with Crippen molar-refractivity contribution in [2.24, 2.45) is 0 Å². The van der Waals surface area contributed by atoms with E-state index in [1.807, 2.05) is 0 Å². The van der Waals surface area contributed by atoms with Crippen molar-refractivity contribution in [3.05, 3.63) is 66.2 Å². The summed E-state index contributed by atoms with van der Waals surface area (Å²) in [6.07, 6.45) is 2.36. The molecule has 1 fully saturated rings. The molecule has 1 saturated heterocycles. The molecule has 0 spiro atoms. The van der Waals surface area contributed by atoms with Crippen LogP contribution in [-0.2, 0) is 9.96 Å². The third-order valence-electron chi connectivity index (χ3n) is 4.61. The standard InChI is InChI=1S/C20H27NOSi/c1-23(2,3)22-17-20(18-11-6-4-7-12-18)15-10-16-21(20)19-13-8-5-9-14-19/h4-9,11-14H,10,15-17H2,1-3H3/t20-/m0/s1. The van der Waals surface area contributed by atoms with Crippen molar-refractivity contribution in [2.45, 2.75) is 38.0 Å². The van der Waals surface area contributed by atoms with Crippen LogP contribution < -0.4 is 4.90 Å². The van der Waals surface area contributed by atoms with Crippen molar-refractivity contribution < 1.29 is 4.43 Å². The smallest absolute Gasteiger partial charge is 0.183 e. The number of hydrogen-bond acceptors (Lipinski definition) is 2. The quantitative estimate of drug-likeness (QED) is 0.715. The van der Waals surface area contributed by atoms with E-state index < -0.39 is 8.32 Å².